The predicted molar refractivity (Wildman–Crippen MR) is 99.9 cm³/mol. The Kier molecular flexibility index (Phi) is 17.2. The molecule has 0 rings (SSSR count). The third kappa shape index (κ3) is 10.8. The molecule has 1 nitrogen and oxygen atoms in total. The Morgan fingerprint density at radius 3 is 1.30 bits per heavy atom. The van der Waals surface area contributed by atoms with Gasteiger partial charge in [-0.3, -0.25) is 0 Å². The van der Waals surface area contributed by atoms with Gasteiger partial charge in [-0.1, -0.05) is 60.8 Å². The average Bonchev–Trinajstić information content (AvgIpc) is 2.45. The summed E-state index contributed by atoms with van der Waals surface area (Å²) in [5.74, 6) is 0. The highest BCUT2D eigenvalue weighted by atomic mass is 15.3. The van der Waals surface area contributed by atoms with E-state index in [2.05, 4.69) is 27.7 Å². The van der Waals surface area contributed by atoms with Gasteiger partial charge in [0.15, 0.2) is 0 Å². The van der Waals surface area contributed by atoms with E-state index in [0.29, 0.717) is 0 Å². The van der Waals surface area contributed by atoms with E-state index in [1.165, 1.54) is 94.9 Å². The molecule has 0 saturated carbocycles. The fraction of sp³-hybridized carbons (Fsp3) is 1.00. The maximum absolute atomic E-state index is 2.39. The molecule has 0 fully saturated rings. The summed E-state index contributed by atoms with van der Waals surface area (Å²) >= 11 is 0. The van der Waals surface area contributed by atoms with E-state index < -0.39 is 0 Å². The van der Waals surface area contributed by atoms with Crippen LogP contribution in [0.5, 0.6) is 0 Å². The molecule has 0 spiro atoms. The SMILES string of the molecule is CCCCCCCCC[N+](CC)(CC)CCCCC.[BH4-]. The first-order valence-corrected chi connectivity index (χ1v) is 9.09. The van der Waals surface area contributed by atoms with Gasteiger partial charge in [0, 0.05) is 0 Å². The fourth-order valence-corrected chi connectivity index (χ4v) is 3.07. The van der Waals surface area contributed by atoms with Crippen molar-refractivity contribution in [3.05, 3.63) is 0 Å². The van der Waals surface area contributed by atoms with Crippen LogP contribution >= 0.6 is 0 Å². The van der Waals surface area contributed by atoms with Gasteiger partial charge in [0.05, 0.1) is 26.2 Å². The molecular weight excluding hydrogens is 241 g/mol. The third-order valence-corrected chi connectivity index (χ3v) is 4.81. The third-order valence-electron chi connectivity index (χ3n) is 4.81. The maximum atomic E-state index is 2.39. The molecule has 0 bridgehead atoms. The van der Waals surface area contributed by atoms with Crippen LogP contribution in [0.1, 0.15) is 91.9 Å². The van der Waals surface area contributed by atoms with Crippen LogP contribution in [-0.4, -0.2) is 39.1 Å². The van der Waals surface area contributed by atoms with Crippen molar-refractivity contribution >= 4 is 8.41 Å². The van der Waals surface area contributed by atoms with E-state index in [1.807, 2.05) is 0 Å². The summed E-state index contributed by atoms with van der Waals surface area (Å²) in [7, 11) is 0. The molecule has 0 aromatic heterocycles. The van der Waals surface area contributed by atoms with Crippen LogP contribution in [0.2, 0.25) is 0 Å². The van der Waals surface area contributed by atoms with Crippen molar-refractivity contribution in [3.8, 4) is 0 Å². The van der Waals surface area contributed by atoms with Crippen molar-refractivity contribution in [2.45, 2.75) is 91.9 Å². The molecule has 0 saturated heterocycles. The summed E-state index contributed by atoms with van der Waals surface area (Å²) in [6, 6.07) is 0. The van der Waals surface area contributed by atoms with Crippen molar-refractivity contribution in [1.29, 1.82) is 0 Å². The number of hydrogen-bond donors (Lipinski definition) is 0. The minimum atomic E-state index is 0. The Morgan fingerprint density at radius 2 is 0.850 bits per heavy atom. The second-order valence-corrected chi connectivity index (χ2v) is 6.25. The molecule has 20 heavy (non-hydrogen) atoms. The summed E-state index contributed by atoms with van der Waals surface area (Å²) in [6.45, 7) is 14.9. The van der Waals surface area contributed by atoms with Crippen LogP contribution in [0, 0.1) is 0 Å². The first-order valence-electron chi connectivity index (χ1n) is 9.09. The van der Waals surface area contributed by atoms with Crippen LogP contribution in [-0.2, 0) is 0 Å². The molecule has 2 heteroatoms. The highest BCUT2D eigenvalue weighted by Gasteiger charge is 2.21. The average molecular weight is 285 g/mol. The van der Waals surface area contributed by atoms with Gasteiger partial charge in [-0.25, -0.2) is 0 Å². The number of rotatable bonds is 14. The van der Waals surface area contributed by atoms with Crippen molar-refractivity contribution in [2.24, 2.45) is 0 Å². The fourth-order valence-electron chi connectivity index (χ4n) is 3.07. The molecule has 0 atom stereocenters. The summed E-state index contributed by atoms with van der Waals surface area (Å²) in [5.41, 5.74) is 0. The monoisotopic (exact) mass is 285 g/mol. The van der Waals surface area contributed by atoms with E-state index >= 15 is 0 Å². The first-order chi connectivity index (χ1) is 9.24. The highest BCUT2D eigenvalue weighted by molar-refractivity contribution is 5.75. The smallest absolute Gasteiger partial charge is 0.0786 e. The Hall–Kier alpha value is 0.0249. The molecule has 0 aliphatic rings. The molecule has 0 aromatic carbocycles. The first kappa shape index (κ1) is 22.3. The molecule has 0 N–H and O–H groups in total. The van der Waals surface area contributed by atoms with Crippen molar-refractivity contribution in [3.63, 3.8) is 0 Å². The van der Waals surface area contributed by atoms with Crippen LogP contribution in [0.3, 0.4) is 0 Å². The number of quaternary nitrogens is 1. The summed E-state index contributed by atoms with van der Waals surface area (Å²) < 4.78 is 1.37. The quantitative estimate of drug-likeness (QED) is 0.253. The zero-order chi connectivity index (χ0) is 14.4. The largest absolute Gasteiger partial charge is 0.324 e. The predicted octanol–water partition coefficient (Wildman–Crippen LogP) is 4.33. The second-order valence-electron chi connectivity index (χ2n) is 6.25. The Bertz CT molecular complexity index is 178. The van der Waals surface area contributed by atoms with Gasteiger partial charge >= 0.3 is 0 Å². The lowest BCUT2D eigenvalue weighted by Gasteiger charge is -2.37. The molecule has 0 unspecified atom stereocenters. The topological polar surface area (TPSA) is 0 Å². The van der Waals surface area contributed by atoms with E-state index in [1.54, 1.807) is 0 Å². The lowest BCUT2D eigenvalue weighted by atomic mass is 10.1. The molecule has 0 radical (unpaired) electrons. The van der Waals surface area contributed by atoms with Gasteiger partial charge < -0.3 is 4.48 Å². The van der Waals surface area contributed by atoms with Crippen LogP contribution < -0.4 is 0 Å². The summed E-state index contributed by atoms with van der Waals surface area (Å²) in [4.78, 5) is 0. The number of nitrogens with zero attached hydrogens (tertiary/aromatic N) is 1. The highest BCUT2D eigenvalue weighted by Crippen LogP contribution is 2.14. The van der Waals surface area contributed by atoms with Gasteiger partial charge in [0.25, 0.3) is 0 Å². The van der Waals surface area contributed by atoms with Gasteiger partial charge in [-0.2, -0.15) is 0 Å². The van der Waals surface area contributed by atoms with Gasteiger partial charge in [-0.05, 0) is 39.5 Å². The van der Waals surface area contributed by atoms with Crippen molar-refractivity contribution in [1.82, 2.24) is 0 Å². The van der Waals surface area contributed by atoms with Gasteiger partial charge in [0.2, 0.25) is 0 Å². The van der Waals surface area contributed by atoms with Gasteiger partial charge in [-0.15, -0.1) is 0 Å². The van der Waals surface area contributed by atoms with E-state index in [4.69, 9.17) is 0 Å². The minimum absolute atomic E-state index is 0. The zero-order valence-corrected chi connectivity index (χ0v) is 14.3. The second kappa shape index (κ2) is 15.4. The molecule has 0 aromatic rings. The molecule has 0 aliphatic heterocycles. The maximum Gasteiger partial charge on any atom is 0.0786 e. The van der Waals surface area contributed by atoms with Crippen LogP contribution in [0.25, 0.3) is 0 Å². The van der Waals surface area contributed by atoms with Crippen LogP contribution in [0.15, 0.2) is 0 Å². The lowest BCUT2D eigenvalue weighted by Crippen LogP contribution is -2.49. The molecule has 0 heterocycles. The minimum Gasteiger partial charge on any atom is -0.324 e. The summed E-state index contributed by atoms with van der Waals surface area (Å²) in [6.07, 6.45) is 14.3. The lowest BCUT2D eigenvalue weighted by molar-refractivity contribution is -0.925. The Morgan fingerprint density at radius 1 is 0.500 bits per heavy atom. The molecule has 0 amide bonds. The summed E-state index contributed by atoms with van der Waals surface area (Å²) in [5, 5.41) is 0. The molecule has 124 valence electrons. The Balaban J connectivity index is 0. The van der Waals surface area contributed by atoms with Crippen LogP contribution in [0.4, 0.5) is 0 Å². The van der Waals surface area contributed by atoms with E-state index in [-0.39, 0.29) is 8.41 Å². The molecular formula is C18H44BN. The number of unbranched alkanes of at least 4 members (excludes halogenated alkanes) is 8. The Labute approximate surface area is 131 Å². The van der Waals surface area contributed by atoms with Crippen molar-refractivity contribution < 1.29 is 4.48 Å². The molecule has 0 aliphatic carbocycles. The standard InChI is InChI=1S/C18H40N.BH4/c1-5-9-11-12-13-14-16-18-19(7-3,8-4)17-15-10-6-2;/h5-18H2,1-4H3;1H4/q+1;-1. The van der Waals surface area contributed by atoms with Crippen molar-refractivity contribution in [2.75, 3.05) is 26.2 Å². The zero-order valence-electron chi connectivity index (χ0n) is 14.3. The van der Waals surface area contributed by atoms with E-state index in [9.17, 15) is 0 Å². The normalized spacial score (nSPS) is 11.4. The van der Waals surface area contributed by atoms with E-state index in [0.717, 1.165) is 0 Å². The van der Waals surface area contributed by atoms with Gasteiger partial charge in [0.1, 0.15) is 0 Å². The number of hydrogen-bond acceptors (Lipinski definition) is 0.